The van der Waals surface area contributed by atoms with Gasteiger partial charge in [0.05, 0.1) is 24.5 Å². The number of unbranched alkanes of at least 4 members (excludes halogenated alkanes) is 3. The molecule has 2 aliphatic heterocycles. The topological polar surface area (TPSA) is 233 Å². The molecular weight excluding hydrogens is 821 g/mol. The van der Waals surface area contributed by atoms with Gasteiger partial charge in [0, 0.05) is 24.5 Å². The molecule has 6 atom stereocenters. The van der Waals surface area contributed by atoms with Gasteiger partial charge >= 0.3 is 0 Å². The molecule has 0 spiro atoms. The number of nitrogens with one attached hydrogen (secondary N) is 6. The highest BCUT2D eigenvalue weighted by Crippen LogP contribution is 2.34. The van der Waals surface area contributed by atoms with E-state index in [0.29, 0.717) is 88.7 Å². The van der Waals surface area contributed by atoms with Gasteiger partial charge in [-0.3, -0.25) is 28.8 Å². The number of nitrogens with zero attached hydrogens (tertiary/aromatic N) is 4. The quantitative estimate of drug-likeness (QED) is 0.0625. The van der Waals surface area contributed by atoms with Crippen LogP contribution in [0.25, 0.3) is 0 Å². The zero-order valence-corrected chi connectivity index (χ0v) is 36.9. The van der Waals surface area contributed by atoms with Crippen molar-refractivity contribution in [1.82, 2.24) is 41.0 Å². The van der Waals surface area contributed by atoms with Crippen molar-refractivity contribution >= 4 is 46.8 Å². The lowest BCUT2D eigenvalue weighted by molar-refractivity contribution is -0.138. The van der Waals surface area contributed by atoms with Crippen LogP contribution in [0.15, 0.2) is 81.9 Å². The maximum atomic E-state index is 14.2. The summed E-state index contributed by atoms with van der Waals surface area (Å²) in [7, 11) is 3.35. The van der Waals surface area contributed by atoms with E-state index in [1.807, 2.05) is 36.4 Å². The largest absolute Gasteiger partial charge is 0.433 e. The molecule has 0 unspecified atom stereocenters. The molecular formula is C46H60N10O8. The number of oxazole rings is 2. The number of rotatable bonds is 21. The van der Waals surface area contributed by atoms with Gasteiger partial charge in [0.15, 0.2) is 0 Å². The van der Waals surface area contributed by atoms with Crippen molar-refractivity contribution in [3.05, 3.63) is 96.4 Å². The molecule has 2 aliphatic rings. The molecule has 6 N–H and O–H groups in total. The van der Waals surface area contributed by atoms with Crippen molar-refractivity contribution in [2.75, 3.05) is 37.8 Å². The summed E-state index contributed by atoms with van der Waals surface area (Å²) in [5, 5.41) is 17.3. The molecule has 2 saturated heterocycles. The van der Waals surface area contributed by atoms with Crippen LogP contribution in [-0.2, 0) is 19.2 Å². The van der Waals surface area contributed by atoms with Crippen LogP contribution in [0.1, 0.15) is 123 Å². The van der Waals surface area contributed by atoms with Crippen molar-refractivity contribution in [1.29, 1.82) is 0 Å². The molecule has 2 aromatic carbocycles. The zero-order valence-electron chi connectivity index (χ0n) is 36.9. The van der Waals surface area contributed by atoms with Crippen LogP contribution >= 0.6 is 0 Å². The normalized spacial score (nSPS) is 17.9. The average molecular weight is 881 g/mol. The van der Waals surface area contributed by atoms with Gasteiger partial charge in [-0.1, -0.05) is 62.1 Å². The molecule has 64 heavy (non-hydrogen) atoms. The van der Waals surface area contributed by atoms with Crippen molar-refractivity contribution in [3.63, 3.8) is 0 Å². The summed E-state index contributed by atoms with van der Waals surface area (Å²) >= 11 is 0. The first-order chi connectivity index (χ1) is 31.0. The third kappa shape index (κ3) is 12.2. The molecule has 0 aliphatic carbocycles. The Balaban J connectivity index is 1.05. The standard InChI is InChI=1S/C46H60N10O8/c1-29(47-3)39(57)53-33(45(61)55-25-15-23-35(55)43-49-27-37(63-43)41(59)51-31-17-9-7-10-18-31)21-13-5-6-14-22-34(54-40(58)30(2)48-4)46(62)56-26-16-24-36(56)44-50-28-38(64-44)42(60)52-32-19-11-8-12-20-32/h7-12,17-20,27-30,33-36,47-48H,5-6,13-16,21-26H2,1-4H3,(H,51,59)(H,52,60)(H,53,57)(H,54,58)/t29-,30-,33-,34-,35-,36-/m0/s1. The van der Waals surface area contributed by atoms with E-state index < -0.39 is 48.1 Å². The van der Waals surface area contributed by atoms with Crippen LogP contribution in [0.5, 0.6) is 0 Å². The van der Waals surface area contributed by atoms with E-state index in [2.05, 4.69) is 41.9 Å². The van der Waals surface area contributed by atoms with Gasteiger partial charge in [0.1, 0.15) is 24.2 Å². The van der Waals surface area contributed by atoms with Gasteiger partial charge in [-0.15, -0.1) is 0 Å². The number of amides is 6. The number of hydrogen-bond donors (Lipinski definition) is 6. The Morgan fingerprint density at radius 1 is 0.609 bits per heavy atom. The van der Waals surface area contributed by atoms with Crippen LogP contribution in [0.4, 0.5) is 11.4 Å². The Kier molecular flexibility index (Phi) is 16.8. The van der Waals surface area contributed by atoms with Crippen LogP contribution in [0, 0.1) is 0 Å². The van der Waals surface area contributed by atoms with Gasteiger partial charge in [0.25, 0.3) is 11.8 Å². The van der Waals surface area contributed by atoms with E-state index >= 15 is 0 Å². The van der Waals surface area contributed by atoms with E-state index in [0.717, 1.165) is 0 Å². The van der Waals surface area contributed by atoms with Gasteiger partial charge in [-0.2, -0.15) is 0 Å². The Bertz CT molecular complexity index is 2040. The van der Waals surface area contributed by atoms with E-state index in [9.17, 15) is 28.8 Å². The highest BCUT2D eigenvalue weighted by atomic mass is 16.4. The van der Waals surface area contributed by atoms with Gasteiger partial charge < -0.3 is 50.5 Å². The van der Waals surface area contributed by atoms with Crippen molar-refractivity contribution in [2.24, 2.45) is 0 Å². The smallest absolute Gasteiger partial charge is 0.293 e. The molecule has 6 rings (SSSR count). The van der Waals surface area contributed by atoms with Crippen molar-refractivity contribution in [3.8, 4) is 0 Å². The maximum Gasteiger partial charge on any atom is 0.293 e. The molecule has 18 nitrogen and oxygen atoms in total. The van der Waals surface area contributed by atoms with E-state index in [-0.39, 0.29) is 46.9 Å². The second-order valence-corrected chi connectivity index (χ2v) is 16.3. The third-order valence-corrected chi connectivity index (χ3v) is 11.8. The Hall–Kier alpha value is -6.40. The van der Waals surface area contributed by atoms with E-state index in [1.54, 1.807) is 62.0 Å². The highest BCUT2D eigenvalue weighted by molar-refractivity contribution is 6.02. The molecule has 342 valence electrons. The zero-order chi connectivity index (χ0) is 45.6. The number of carbonyl (C=O) groups is 6. The Labute approximate surface area is 373 Å². The molecule has 2 aromatic heterocycles. The molecule has 4 aromatic rings. The molecule has 4 heterocycles. The summed E-state index contributed by atoms with van der Waals surface area (Å²) in [6.45, 7) is 4.32. The molecule has 0 radical (unpaired) electrons. The molecule has 0 saturated carbocycles. The molecule has 18 heteroatoms. The first-order valence-corrected chi connectivity index (χ1v) is 22.2. The third-order valence-electron chi connectivity index (χ3n) is 11.8. The number of benzene rings is 2. The SMILES string of the molecule is CN[C@@H](C)C(=O)N[C@@H](CCCCCC[C@H](NC(=O)[C@H](C)NC)C(=O)N1CCC[C@H]1c1ncc(C(=O)Nc2ccccc2)o1)C(=O)N1CCC[C@H]1c1ncc(C(=O)Nc2ccccc2)o1. The molecule has 6 amide bonds. The van der Waals surface area contributed by atoms with E-state index in [4.69, 9.17) is 8.83 Å². The van der Waals surface area contributed by atoms with Gasteiger partial charge in [0.2, 0.25) is 46.9 Å². The van der Waals surface area contributed by atoms with Crippen LogP contribution < -0.4 is 31.9 Å². The Morgan fingerprint density at radius 3 is 1.38 bits per heavy atom. The lowest BCUT2D eigenvalue weighted by atomic mass is 10.0. The second-order valence-electron chi connectivity index (χ2n) is 16.3. The predicted molar refractivity (Wildman–Crippen MR) is 238 cm³/mol. The number of anilines is 2. The van der Waals surface area contributed by atoms with Gasteiger partial charge in [-0.25, -0.2) is 9.97 Å². The number of likely N-dealkylation sites (tertiary alicyclic amines) is 2. The average Bonchev–Trinajstić information content (AvgIpc) is 4.16. The fourth-order valence-electron chi connectivity index (χ4n) is 7.92. The minimum Gasteiger partial charge on any atom is -0.433 e. The number of aromatic nitrogens is 2. The monoisotopic (exact) mass is 880 g/mol. The fraction of sp³-hybridized carbons (Fsp3) is 0.478. The summed E-state index contributed by atoms with van der Waals surface area (Å²) in [6, 6.07) is 14.3. The number of para-hydroxylation sites is 2. The van der Waals surface area contributed by atoms with Gasteiger partial charge in [-0.05, 0) is 90.7 Å². The summed E-state index contributed by atoms with van der Waals surface area (Å²) in [5.41, 5.74) is 1.22. The number of carbonyl (C=O) groups excluding carboxylic acids is 6. The summed E-state index contributed by atoms with van der Waals surface area (Å²) in [6.07, 6.45) is 8.64. The summed E-state index contributed by atoms with van der Waals surface area (Å²) in [5.74, 6) is -1.46. The predicted octanol–water partition coefficient (Wildman–Crippen LogP) is 4.72. The van der Waals surface area contributed by atoms with E-state index in [1.165, 1.54) is 12.4 Å². The summed E-state index contributed by atoms with van der Waals surface area (Å²) in [4.78, 5) is 92.5. The van der Waals surface area contributed by atoms with Crippen LogP contribution in [0.2, 0.25) is 0 Å². The lowest BCUT2D eigenvalue weighted by Gasteiger charge is -2.29. The second kappa shape index (κ2) is 22.8. The lowest BCUT2D eigenvalue weighted by Crippen LogP contribution is -2.52. The summed E-state index contributed by atoms with van der Waals surface area (Å²) < 4.78 is 11.8. The Morgan fingerprint density at radius 2 is 1.00 bits per heavy atom. The van der Waals surface area contributed by atoms with Crippen molar-refractivity contribution < 1.29 is 37.6 Å². The first kappa shape index (κ1) is 47.1. The molecule has 2 fully saturated rings. The highest BCUT2D eigenvalue weighted by Gasteiger charge is 2.39. The molecule has 0 bridgehead atoms. The fourth-order valence-corrected chi connectivity index (χ4v) is 7.92. The van der Waals surface area contributed by atoms with Crippen LogP contribution in [0.3, 0.4) is 0 Å². The maximum absolute atomic E-state index is 14.2. The number of hydrogen-bond acceptors (Lipinski definition) is 12. The van der Waals surface area contributed by atoms with Crippen LogP contribution in [-0.4, -0.2) is 107 Å². The first-order valence-electron chi connectivity index (χ1n) is 22.2. The minimum absolute atomic E-state index is 0.0277. The number of likely N-dealkylation sites (N-methyl/N-ethyl adjacent to an activating group) is 2. The van der Waals surface area contributed by atoms with Crippen molar-refractivity contribution in [2.45, 2.75) is 114 Å². The minimum atomic E-state index is -0.816.